The second-order valence-electron chi connectivity index (χ2n) is 6.55. The molecule has 0 atom stereocenters. The van der Waals surface area contributed by atoms with Gasteiger partial charge in [0.25, 0.3) is 0 Å². The third kappa shape index (κ3) is 3.69. The van der Waals surface area contributed by atoms with E-state index in [1.54, 1.807) is 22.9 Å². The van der Waals surface area contributed by atoms with Gasteiger partial charge in [0.05, 0.1) is 6.54 Å². The van der Waals surface area contributed by atoms with E-state index < -0.39 is 0 Å². The third-order valence-corrected chi connectivity index (χ3v) is 4.50. The molecule has 142 valence electrons. The van der Waals surface area contributed by atoms with Crippen molar-refractivity contribution in [3.05, 3.63) is 66.0 Å². The van der Waals surface area contributed by atoms with Crippen molar-refractivity contribution in [3.63, 3.8) is 0 Å². The van der Waals surface area contributed by atoms with Gasteiger partial charge >= 0.3 is 0 Å². The van der Waals surface area contributed by atoms with Crippen LogP contribution in [0.25, 0.3) is 22.6 Å². The van der Waals surface area contributed by atoms with Crippen molar-refractivity contribution in [2.75, 3.05) is 11.9 Å². The van der Waals surface area contributed by atoms with Gasteiger partial charge < -0.3 is 5.32 Å². The number of halogens is 1. The maximum absolute atomic E-state index is 14.1. The van der Waals surface area contributed by atoms with Crippen molar-refractivity contribution in [2.45, 2.75) is 26.3 Å². The maximum atomic E-state index is 14.1. The van der Waals surface area contributed by atoms with Crippen LogP contribution >= 0.6 is 0 Å². The number of fused-ring (bicyclic) bond motifs is 1. The lowest BCUT2D eigenvalue weighted by atomic mass is 10.2. The summed E-state index contributed by atoms with van der Waals surface area (Å²) in [7, 11) is 0. The fourth-order valence-electron chi connectivity index (χ4n) is 2.97. The Labute approximate surface area is 162 Å². The Balaban J connectivity index is 1.79. The zero-order chi connectivity index (χ0) is 19.3. The minimum absolute atomic E-state index is 0.253. The van der Waals surface area contributed by atoms with Crippen LogP contribution in [-0.2, 0) is 6.54 Å². The zero-order valence-corrected chi connectivity index (χ0v) is 15.6. The molecule has 2 aromatic heterocycles. The first-order valence-corrected chi connectivity index (χ1v) is 9.40. The molecule has 0 fully saturated rings. The van der Waals surface area contributed by atoms with Crippen molar-refractivity contribution in [1.29, 1.82) is 0 Å². The molecule has 2 aromatic carbocycles. The normalized spacial score (nSPS) is 11.1. The van der Waals surface area contributed by atoms with E-state index in [1.807, 2.05) is 30.3 Å². The van der Waals surface area contributed by atoms with E-state index in [9.17, 15) is 4.39 Å². The third-order valence-electron chi connectivity index (χ3n) is 4.50. The Kier molecular flexibility index (Phi) is 5.23. The van der Waals surface area contributed by atoms with E-state index in [2.05, 4.69) is 32.5 Å². The average molecular weight is 376 g/mol. The smallest absolute Gasteiger partial charge is 0.184 e. The molecular formula is C21H21FN6. The summed E-state index contributed by atoms with van der Waals surface area (Å²) in [5.74, 6) is 0.964. The summed E-state index contributed by atoms with van der Waals surface area (Å²) in [5.41, 5.74) is 2.61. The second-order valence-corrected chi connectivity index (χ2v) is 6.55. The summed E-state index contributed by atoms with van der Waals surface area (Å²) in [6.45, 7) is 3.18. The quantitative estimate of drug-likeness (QED) is 0.487. The molecule has 4 aromatic rings. The van der Waals surface area contributed by atoms with E-state index >= 15 is 0 Å². The van der Waals surface area contributed by atoms with Gasteiger partial charge in [0, 0.05) is 17.7 Å². The van der Waals surface area contributed by atoms with E-state index in [1.165, 1.54) is 6.07 Å². The van der Waals surface area contributed by atoms with Crippen molar-refractivity contribution >= 4 is 17.0 Å². The van der Waals surface area contributed by atoms with Crippen molar-refractivity contribution in [2.24, 2.45) is 0 Å². The first-order valence-electron chi connectivity index (χ1n) is 9.40. The number of nitrogens with one attached hydrogen (secondary N) is 1. The molecule has 28 heavy (non-hydrogen) atoms. The molecular weight excluding hydrogens is 355 g/mol. The number of hydrogen-bond donors (Lipinski definition) is 1. The zero-order valence-electron chi connectivity index (χ0n) is 15.6. The number of nitrogens with zero attached hydrogens (tertiary/aromatic N) is 5. The SMILES string of the molecule is CCCCNc1nc(-c2ccccc2)nc2c1nnn2Cc1ccccc1F. The topological polar surface area (TPSA) is 68.5 Å². The molecule has 0 aliphatic rings. The van der Waals surface area contributed by atoms with Crippen molar-refractivity contribution < 1.29 is 4.39 Å². The van der Waals surface area contributed by atoms with Gasteiger partial charge in [-0.25, -0.2) is 19.0 Å². The van der Waals surface area contributed by atoms with Gasteiger partial charge in [0.15, 0.2) is 22.8 Å². The predicted molar refractivity (Wildman–Crippen MR) is 107 cm³/mol. The van der Waals surface area contributed by atoms with Crippen LogP contribution < -0.4 is 5.32 Å². The Bertz CT molecular complexity index is 1080. The van der Waals surface area contributed by atoms with Gasteiger partial charge in [-0.15, -0.1) is 5.10 Å². The highest BCUT2D eigenvalue weighted by atomic mass is 19.1. The summed E-state index contributed by atoms with van der Waals surface area (Å²) >= 11 is 0. The lowest BCUT2D eigenvalue weighted by molar-refractivity contribution is 0.582. The van der Waals surface area contributed by atoms with Crippen LogP contribution in [0, 0.1) is 5.82 Å². The van der Waals surface area contributed by atoms with Crippen LogP contribution in [0.3, 0.4) is 0 Å². The van der Waals surface area contributed by atoms with E-state index in [0.717, 1.165) is 24.9 Å². The van der Waals surface area contributed by atoms with Gasteiger partial charge in [-0.3, -0.25) is 0 Å². The first kappa shape index (κ1) is 18.0. The number of benzene rings is 2. The monoisotopic (exact) mass is 376 g/mol. The Morgan fingerprint density at radius 2 is 1.79 bits per heavy atom. The number of anilines is 1. The van der Waals surface area contributed by atoms with Gasteiger partial charge in [-0.2, -0.15) is 0 Å². The number of rotatable bonds is 7. The lowest BCUT2D eigenvalue weighted by Gasteiger charge is -2.09. The first-order chi connectivity index (χ1) is 13.8. The number of aromatic nitrogens is 5. The molecule has 6 nitrogen and oxygen atoms in total. The molecule has 7 heteroatoms. The van der Waals surface area contributed by atoms with Crippen molar-refractivity contribution in [3.8, 4) is 11.4 Å². The Morgan fingerprint density at radius 1 is 1.00 bits per heavy atom. The van der Waals surface area contributed by atoms with E-state index in [0.29, 0.717) is 28.4 Å². The highest BCUT2D eigenvalue weighted by Gasteiger charge is 2.16. The lowest BCUT2D eigenvalue weighted by Crippen LogP contribution is -2.08. The highest BCUT2D eigenvalue weighted by molar-refractivity contribution is 5.84. The standard InChI is InChI=1S/C21H21FN6/c1-2-3-13-23-20-18-21(25-19(24-20)15-9-5-4-6-10-15)28(27-26-18)14-16-11-7-8-12-17(16)22/h4-12H,2-3,13-14H2,1H3,(H,23,24,25). The number of hydrogen-bond acceptors (Lipinski definition) is 5. The molecule has 0 aliphatic heterocycles. The maximum Gasteiger partial charge on any atom is 0.184 e. The summed E-state index contributed by atoms with van der Waals surface area (Å²) in [5, 5.41) is 11.8. The van der Waals surface area contributed by atoms with Crippen LogP contribution in [0.1, 0.15) is 25.3 Å². The molecule has 2 heterocycles. The number of unbranched alkanes of at least 4 members (excludes halogenated alkanes) is 1. The fraction of sp³-hybridized carbons (Fsp3) is 0.238. The van der Waals surface area contributed by atoms with Crippen LogP contribution in [0.2, 0.25) is 0 Å². The molecule has 0 aliphatic carbocycles. The second kappa shape index (κ2) is 8.12. The summed E-state index contributed by atoms with van der Waals surface area (Å²) in [6.07, 6.45) is 2.10. The molecule has 0 unspecified atom stereocenters. The molecule has 4 rings (SSSR count). The average Bonchev–Trinajstić information content (AvgIpc) is 3.13. The van der Waals surface area contributed by atoms with Gasteiger partial charge in [0.2, 0.25) is 0 Å². The van der Waals surface area contributed by atoms with Gasteiger partial charge in [-0.05, 0) is 12.5 Å². The van der Waals surface area contributed by atoms with Crippen LogP contribution in [0.4, 0.5) is 10.2 Å². The van der Waals surface area contributed by atoms with Gasteiger partial charge in [-0.1, -0.05) is 67.1 Å². The fourth-order valence-corrected chi connectivity index (χ4v) is 2.97. The molecule has 0 saturated heterocycles. The van der Waals surface area contributed by atoms with Crippen LogP contribution in [0.5, 0.6) is 0 Å². The largest absolute Gasteiger partial charge is 0.368 e. The summed E-state index contributed by atoms with van der Waals surface area (Å²) in [6, 6.07) is 16.4. The van der Waals surface area contributed by atoms with Gasteiger partial charge in [0.1, 0.15) is 5.82 Å². The molecule has 0 radical (unpaired) electrons. The van der Waals surface area contributed by atoms with E-state index in [-0.39, 0.29) is 12.4 Å². The molecule has 0 spiro atoms. The molecule has 0 amide bonds. The van der Waals surface area contributed by atoms with Crippen LogP contribution in [-0.4, -0.2) is 31.5 Å². The van der Waals surface area contributed by atoms with Crippen LogP contribution in [0.15, 0.2) is 54.6 Å². The van der Waals surface area contributed by atoms with E-state index in [4.69, 9.17) is 0 Å². The molecule has 1 N–H and O–H groups in total. The predicted octanol–water partition coefficient (Wildman–Crippen LogP) is 4.29. The minimum atomic E-state index is -0.273. The Morgan fingerprint density at radius 3 is 2.57 bits per heavy atom. The summed E-state index contributed by atoms with van der Waals surface area (Å²) < 4.78 is 15.7. The minimum Gasteiger partial charge on any atom is -0.368 e. The molecule has 0 bridgehead atoms. The highest BCUT2D eigenvalue weighted by Crippen LogP contribution is 2.24. The van der Waals surface area contributed by atoms with Crippen molar-refractivity contribution in [1.82, 2.24) is 25.0 Å². The molecule has 0 saturated carbocycles. The Hall–Kier alpha value is -3.35. The summed E-state index contributed by atoms with van der Waals surface area (Å²) in [4.78, 5) is 9.35.